The maximum Gasteiger partial charge on any atom is 0.311 e. The average Bonchev–Trinajstić information content (AvgIpc) is 3.12. The standard InChI is InChI=1S/C22H24N2O4/c1-23(2)22(27)21(17-7-4-3-5-8-17)28-20(26)15-16-10-12-18(13-11-16)24-14-6-9-19(24)25/h3-5,7-8,10-13,21H,6,9,14-15H2,1-2H3/t21-/m1/s1. The Morgan fingerprint density at radius 3 is 2.32 bits per heavy atom. The molecule has 0 spiro atoms. The molecule has 3 rings (SSSR count). The van der Waals surface area contributed by atoms with Crippen LogP contribution in [0.2, 0.25) is 0 Å². The van der Waals surface area contributed by atoms with E-state index in [1.54, 1.807) is 43.3 Å². The van der Waals surface area contributed by atoms with Crippen LogP contribution in [0.5, 0.6) is 0 Å². The highest BCUT2D eigenvalue weighted by Gasteiger charge is 2.26. The van der Waals surface area contributed by atoms with E-state index >= 15 is 0 Å². The molecule has 1 fully saturated rings. The predicted molar refractivity (Wildman–Crippen MR) is 106 cm³/mol. The van der Waals surface area contributed by atoms with Crippen molar-refractivity contribution >= 4 is 23.5 Å². The summed E-state index contributed by atoms with van der Waals surface area (Å²) >= 11 is 0. The van der Waals surface area contributed by atoms with E-state index in [4.69, 9.17) is 4.74 Å². The molecule has 0 saturated carbocycles. The van der Waals surface area contributed by atoms with Gasteiger partial charge in [0.15, 0.2) is 0 Å². The summed E-state index contributed by atoms with van der Waals surface area (Å²) in [6.07, 6.45) is 0.533. The number of amides is 2. The number of likely N-dealkylation sites (N-methyl/N-ethyl adjacent to an activating group) is 1. The monoisotopic (exact) mass is 380 g/mol. The molecular weight excluding hydrogens is 356 g/mol. The van der Waals surface area contributed by atoms with E-state index in [2.05, 4.69) is 0 Å². The van der Waals surface area contributed by atoms with Crippen molar-refractivity contribution in [1.29, 1.82) is 0 Å². The molecule has 28 heavy (non-hydrogen) atoms. The quantitative estimate of drug-likeness (QED) is 0.723. The van der Waals surface area contributed by atoms with Crippen LogP contribution in [0.1, 0.15) is 30.1 Å². The molecule has 1 aliphatic rings. The maximum absolute atomic E-state index is 12.5. The number of carbonyl (C=O) groups excluding carboxylic acids is 3. The van der Waals surface area contributed by atoms with Gasteiger partial charge in [-0.2, -0.15) is 0 Å². The number of benzene rings is 2. The third kappa shape index (κ3) is 4.57. The summed E-state index contributed by atoms with van der Waals surface area (Å²) < 4.78 is 5.52. The third-order valence-corrected chi connectivity index (χ3v) is 4.69. The topological polar surface area (TPSA) is 66.9 Å². The number of rotatable bonds is 6. The Hall–Kier alpha value is -3.15. The Kier molecular flexibility index (Phi) is 6.09. The van der Waals surface area contributed by atoms with Gasteiger partial charge in [-0.05, 0) is 24.1 Å². The highest BCUT2D eigenvalue weighted by molar-refractivity contribution is 5.95. The summed E-state index contributed by atoms with van der Waals surface area (Å²) in [6, 6.07) is 16.3. The summed E-state index contributed by atoms with van der Waals surface area (Å²) in [4.78, 5) is 39.9. The van der Waals surface area contributed by atoms with Gasteiger partial charge in [-0.1, -0.05) is 42.5 Å². The zero-order chi connectivity index (χ0) is 20.1. The Morgan fingerprint density at radius 1 is 1.07 bits per heavy atom. The molecule has 1 aliphatic heterocycles. The minimum absolute atomic E-state index is 0.0538. The molecule has 0 N–H and O–H groups in total. The Bertz CT molecular complexity index is 847. The van der Waals surface area contributed by atoms with Crippen molar-refractivity contribution in [1.82, 2.24) is 4.90 Å². The molecule has 0 radical (unpaired) electrons. The average molecular weight is 380 g/mol. The van der Waals surface area contributed by atoms with E-state index in [9.17, 15) is 14.4 Å². The van der Waals surface area contributed by atoms with Crippen LogP contribution in [-0.2, 0) is 25.5 Å². The van der Waals surface area contributed by atoms with Gasteiger partial charge in [0.25, 0.3) is 5.91 Å². The minimum atomic E-state index is -0.967. The first kappa shape index (κ1) is 19.6. The van der Waals surface area contributed by atoms with Crippen LogP contribution in [0.3, 0.4) is 0 Å². The molecule has 146 valence electrons. The fourth-order valence-corrected chi connectivity index (χ4v) is 3.18. The van der Waals surface area contributed by atoms with Gasteiger partial charge in [0.1, 0.15) is 0 Å². The number of nitrogens with zero attached hydrogens (tertiary/aromatic N) is 2. The number of anilines is 1. The molecule has 6 nitrogen and oxygen atoms in total. The molecular formula is C22H24N2O4. The zero-order valence-corrected chi connectivity index (χ0v) is 16.1. The summed E-state index contributed by atoms with van der Waals surface area (Å²) in [5.74, 6) is -0.642. The van der Waals surface area contributed by atoms with Crippen molar-refractivity contribution in [2.24, 2.45) is 0 Å². The lowest BCUT2D eigenvalue weighted by atomic mass is 10.1. The Balaban J connectivity index is 1.67. The van der Waals surface area contributed by atoms with Crippen LogP contribution in [-0.4, -0.2) is 43.3 Å². The Morgan fingerprint density at radius 2 is 1.75 bits per heavy atom. The highest BCUT2D eigenvalue weighted by Crippen LogP contribution is 2.23. The second kappa shape index (κ2) is 8.69. The number of hydrogen-bond donors (Lipinski definition) is 0. The number of carbonyl (C=O) groups is 3. The second-order valence-electron chi connectivity index (χ2n) is 7.01. The molecule has 0 aromatic heterocycles. The molecule has 2 aromatic rings. The molecule has 1 atom stereocenters. The first-order valence-electron chi connectivity index (χ1n) is 9.30. The molecule has 1 saturated heterocycles. The molecule has 2 amide bonds. The predicted octanol–water partition coefficient (Wildman–Crippen LogP) is 2.73. The van der Waals surface area contributed by atoms with Crippen LogP contribution in [0.4, 0.5) is 5.69 Å². The lowest BCUT2D eigenvalue weighted by Gasteiger charge is -2.21. The van der Waals surface area contributed by atoms with Crippen molar-refractivity contribution in [2.75, 3.05) is 25.5 Å². The van der Waals surface area contributed by atoms with Gasteiger partial charge in [0.05, 0.1) is 6.42 Å². The largest absolute Gasteiger partial charge is 0.447 e. The second-order valence-corrected chi connectivity index (χ2v) is 7.01. The van der Waals surface area contributed by atoms with Crippen LogP contribution in [0.15, 0.2) is 54.6 Å². The van der Waals surface area contributed by atoms with Crippen LogP contribution in [0.25, 0.3) is 0 Å². The lowest BCUT2D eigenvalue weighted by molar-refractivity contribution is -0.159. The van der Waals surface area contributed by atoms with E-state index in [-0.39, 0.29) is 18.2 Å². The first-order valence-corrected chi connectivity index (χ1v) is 9.30. The smallest absolute Gasteiger partial charge is 0.311 e. The fraction of sp³-hybridized carbons (Fsp3) is 0.318. The van der Waals surface area contributed by atoms with E-state index in [1.165, 1.54) is 4.90 Å². The van der Waals surface area contributed by atoms with Crippen molar-refractivity contribution in [3.05, 3.63) is 65.7 Å². The fourth-order valence-electron chi connectivity index (χ4n) is 3.18. The Labute approximate surface area is 164 Å². The SMILES string of the molecule is CN(C)C(=O)[C@H](OC(=O)Cc1ccc(N2CCCC2=O)cc1)c1ccccc1. The lowest BCUT2D eigenvalue weighted by Crippen LogP contribution is -2.31. The molecule has 1 heterocycles. The molecule has 6 heteroatoms. The molecule has 2 aromatic carbocycles. The van der Waals surface area contributed by atoms with Crippen molar-refractivity contribution < 1.29 is 19.1 Å². The van der Waals surface area contributed by atoms with Gasteiger partial charge >= 0.3 is 5.97 Å². The summed E-state index contributed by atoms with van der Waals surface area (Å²) in [7, 11) is 3.26. The molecule has 0 aliphatic carbocycles. The van der Waals surface area contributed by atoms with Gasteiger partial charge in [-0.15, -0.1) is 0 Å². The normalized spacial score (nSPS) is 14.6. The zero-order valence-electron chi connectivity index (χ0n) is 16.1. The summed E-state index contributed by atoms with van der Waals surface area (Å²) in [5.41, 5.74) is 2.24. The number of hydrogen-bond acceptors (Lipinski definition) is 4. The van der Waals surface area contributed by atoms with Crippen molar-refractivity contribution in [3.8, 4) is 0 Å². The van der Waals surface area contributed by atoms with E-state index in [0.29, 0.717) is 12.0 Å². The highest BCUT2D eigenvalue weighted by atomic mass is 16.5. The molecule has 0 unspecified atom stereocenters. The van der Waals surface area contributed by atoms with Crippen LogP contribution in [0, 0.1) is 0 Å². The first-order chi connectivity index (χ1) is 13.5. The van der Waals surface area contributed by atoms with E-state index in [1.807, 2.05) is 30.3 Å². The summed E-state index contributed by atoms with van der Waals surface area (Å²) in [6.45, 7) is 0.728. The minimum Gasteiger partial charge on any atom is -0.447 e. The van der Waals surface area contributed by atoms with Crippen molar-refractivity contribution in [3.63, 3.8) is 0 Å². The van der Waals surface area contributed by atoms with Crippen LogP contribution >= 0.6 is 0 Å². The van der Waals surface area contributed by atoms with Crippen LogP contribution < -0.4 is 4.90 Å². The maximum atomic E-state index is 12.5. The van der Waals surface area contributed by atoms with Gasteiger partial charge in [0.2, 0.25) is 12.0 Å². The van der Waals surface area contributed by atoms with Gasteiger partial charge < -0.3 is 14.5 Å². The van der Waals surface area contributed by atoms with E-state index in [0.717, 1.165) is 24.2 Å². The summed E-state index contributed by atoms with van der Waals surface area (Å²) in [5, 5.41) is 0. The van der Waals surface area contributed by atoms with E-state index < -0.39 is 12.1 Å². The number of esters is 1. The van der Waals surface area contributed by atoms with Crippen molar-refractivity contribution in [2.45, 2.75) is 25.4 Å². The molecule has 0 bridgehead atoms. The van der Waals surface area contributed by atoms with Gasteiger partial charge in [0, 0.05) is 38.3 Å². The third-order valence-electron chi connectivity index (χ3n) is 4.69. The van der Waals surface area contributed by atoms with Gasteiger partial charge in [-0.3, -0.25) is 14.4 Å². The van der Waals surface area contributed by atoms with Gasteiger partial charge in [-0.25, -0.2) is 0 Å². The number of ether oxygens (including phenoxy) is 1.